The molecular formula is C9H8N2O4. The highest BCUT2D eigenvalue weighted by Crippen LogP contribution is 2.22. The van der Waals surface area contributed by atoms with Crippen molar-refractivity contribution in [3.8, 4) is 0 Å². The molecular weight excluding hydrogens is 200 g/mol. The summed E-state index contributed by atoms with van der Waals surface area (Å²) in [7, 11) is 0. The predicted octanol–water partition coefficient (Wildman–Crippen LogP) is 1.38. The average molecular weight is 208 g/mol. The first-order chi connectivity index (χ1) is 7.16. The van der Waals surface area contributed by atoms with Gasteiger partial charge in [0, 0.05) is 12.1 Å². The van der Waals surface area contributed by atoms with Crippen LogP contribution >= 0.6 is 0 Å². The maximum atomic E-state index is 10.8. The van der Waals surface area contributed by atoms with Crippen LogP contribution in [0.25, 0.3) is 0 Å². The molecule has 1 amide bonds. The van der Waals surface area contributed by atoms with Crippen LogP contribution in [0, 0.1) is 10.1 Å². The molecule has 1 N–H and O–H groups in total. The molecule has 0 spiro atoms. The number of nitrogens with zero attached hydrogens (tertiary/aromatic N) is 1. The second-order valence-electron chi connectivity index (χ2n) is 3.12. The van der Waals surface area contributed by atoms with Crippen molar-refractivity contribution in [2.24, 2.45) is 0 Å². The minimum atomic E-state index is -0.470. The number of carbonyl (C=O) groups excluding carboxylic acids is 1. The van der Waals surface area contributed by atoms with Gasteiger partial charge in [-0.05, 0) is 17.7 Å². The minimum absolute atomic E-state index is 0.0241. The third kappa shape index (κ3) is 1.88. The first-order valence-corrected chi connectivity index (χ1v) is 4.35. The van der Waals surface area contributed by atoms with E-state index < -0.39 is 11.0 Å². The molecule has 78 valence electrons. The van der Waals surface area contributed by atoms with Crippen LogP contribution in [-0.2, 0) is 4.74 Å². The number of hydrogen-bond acceptors (Lipinski definition) is 4. The number of rotatable bonds is 2. The fraction of sp³-hybridized carbons (Fsp3) is 0.222. The summed E-state index contributed by atoms with van der Waals surface area (Å²) in [6, 6.07) is 5.95. The maximum absolute atomic E-state index is 10.8. The fourth-order valence-corrected chi connectivity index (χ4v) is 1.39. The van der Waals surface area contributed by atoms with Gasteiger partial charge in [-0.3, -0.25) is 10.1 Å². The van der Waals surface area contributed by atoms with Crippen LogP contribution in [0.1, 0.15) is 11.7 Å². The Kier molecular flexibility index (Phi) is 2.24. The van der Waals surface area contributed by atoms with Gasteiger partial charge in [0.05, 0.1) is 11.5 Å². The highest BCUT2D eigenvalue weighted by Gasteiger charge is 2.24. The molecule has 1 aromatic rings. The molecule has 1 aromatic carbocycles. The molecule has 1 aliphatic heterocycles. The first kappa shape index (κ1) is 9.45. The Morgan fingerprint density at radius 2 is 2.07 bits per heavy atom. The highest BCUT2D eigenvalue weighted by atomic mass is 16.6. The van der Waals surface area contributed by atoms with E-state index in [4.69, 9.17) is 4.74 Å². The van der Waals surface area contributed by atoms with E-state index >= 15 is 0 Å². The molecule has 0 bridgehead atoms. The third-order valence-corrected chi connectivity index (χ3v) is 2.16. The molecule has 1 saturated heterocycles. The summed E-state index contributed by atoms with van der Waals surface area (Å²) in [4.78, 5) is 20.7. The summed E-state index contributed by atoms with van der Waals surface area (Å²) in [6.45, 7) is 0.399. The van der Waals surface area contributed by atoms with Crippen molar-refractivity contribution in [2.45, 2.75) is 6.10 Å². The van der Waals surface area contributed by atoms with E-state index in [0.29, 0.717) is 6.54 Å². The van der Waals surface area contributed by atoms with Crippen molar-refractivity contribution >= 4 is 11.8 Å². The van der Waals surface area contributed by atoms with Crippen LogP contribution < -0.4 is 5.32 Å². The Hall–Kier alpha value is -2.11. The van der Waals surface area contributed by atoms with Gasteiger partial charge in [-0.2, -0.15) is 0 Å². The van der Waals surface area contributed by atoms with Crippen molar-refractivity contribution in [2.75, 3.05) is 6.54 Å². The lowest BCUT2D eigenvalue weighted by molar-refractivity contribution is -0.384. The number of non-ortho nitro benzene ring substituents is 1. The normalized spacial score (nSPS) is 19.5. The lowest BCUT2D eigenvalue weighted by atomic mass is 10.1. The summed E-state index contributed by atoms with van der Waals surface area (Å²) in [6.07, 6.45) is -0.809. The lowest BCUT2D eigenvalue weighted by Crippen LogP contribution is -2.12. The Morgan fingerprint density at radius 1 is 1.40 bits per heavy atom. The zero-order valence-corrected chi connectivity index (χ0v) is 7.67. The van der Waals surface area contributed by atoms with Gasteiger partial charge < -0.3 is 10.1 Å². The van der Waals surface area contributed by atoms with E-state index in [-0.39, 0.29) is 11.8 Å². The first-order valence-electron chi connectivity index (χ1n) is 4.35. The Morgan fingerprint density at radius 3 is 2.53 bits per heavy atom. The zero-order chi connectivity index (χ0) is 10.8. The highest BCUT2D eigenvalue weighted by molar-refractivity contribution is 5.69. The molecule has 2 rings (SSSR count). The average Bonchev–Trinajstić information content (AvgIpc) is 2.65. The van der Waals surface area contributed by atoms with Crippen LogP contribution in [0.5, 0.6) is 0 Å². The van der Waals surface area contributed by atoms with Crippen LogP contribution in [0.15, 0.2) is 24.3 Å². The van der Waals surface area contributed by atoms with Gasteiger partial charge in [0.1, 0.15) is 6.10 Å². The predicted molar refractivity (Wildman–Crippen MR) is 50.3 cm³/mol. The van der Waals surface area contributed by atoms with Crippen molar-refractivity contribution in [1.82, 2.24) is 5.32 Å². The van der Waals surface area contributed by atoms with E-state index in [1.54, 1.807) is 12.1 Å². The fourth-order valence-electron chi connectivity index (χ4n) is 1.39. The van der Waals surface area contributed by atoms with Gasteiger partial charge >= 0.3 is 6.09 Å². The number of cyclic esters (lactones) is 1. The van der Waals surface area contributed by atoms with E-state index in [1.165, 1.54) is 12.1 Å². The minimum Gasteiger partial charge on any atom is -0.439 e. The topological polar surface area (TPSA) is 81.5 Å². The van der Waals surface area contributed by atoms with Gasteiger partial charge in [-0.1, -0.05) is 0 Å². The van der Waals surface area contributed by atoms with Gasteiger partial charge in [-0.15, -0.1) is 0 Å². The van der Waals surface area contributed by atoms with Crippen LogP contribution in [0.4, 0.5) is 10.5 Å². The van der Waals surface area contributed by atoms with E-state index in [9.17, 15) is 14.9 Å². The monoisotopic (exact) mass is 208 g/mol. The van der Waals surface area contributed by atoms with Gasteiger partial charge in [0.15, 0.2) is 0 Å². The third-order valence-electron chi connectivity index (χ3n) is 2.16. The van der Waals surface area contributed by atoms with E-state index in [1.807, 2.05) is 0 Å². The summed E-state index contributed by atoms with van der Waals surface area (Å²) in [5.74, 6) is 0. The molecule has 1 atom stereocenters. The molecule has 1 fully saturated rings. The molecule has 0 aromatic heterocycles. The zero-order valence-electron chi connectivity index (χ0n) is 7.67. The molecule has 0 unspecified atom stereocenters. The Bertz CT molecular complexity index is 401. The number of hydrogen-bond donors (Lipinski definition) is 1. The van der Waals surface area contributed by atoms with Crippen LogP contribution in [0.3, 0.4) is 0 Å². The maximum Gasteiger partial charge on any atom is 0.407 e. The number of carbonyl (C=O) groups is 1. The summed E-state index contributed by atoms with van der Waals surface area (Å²) < 4.78 is 4.93. The van der Waals surface area contributed by atoms with Crippen molar-refractivity contribution in [1.29, 1.82) is 0 Å². The number of amides is 1. The number of nitro groups is 1. The number of benzene rings is 1. The molecule has 1 heterocycles. The van der Waals surface area contributed by atoms with Crippen molar-refractivity contribution < 1.29 is 14.5 Å². The standard InChI is InChI=1S/C9H8N2O4/c12-9-10-5-8(15-9)6-1-3-7(4-2-6)11(13)14/h1-4,8H,5H2,(H,10,12)/t8-/m0/s1. The summed E-state index contributed by atoms with van der Waals surface area (Å²) >= 11 is 0. The molecule has 0 aliphatic carbocycles. The number of nitro benzene ring substituents is 1. The van der Waals surface area contributed by atoms with E-state index in [2.05, 4.69) is 5.32 Å². The smallest absolute Gasteiger partial charge is 0.407 e. The largest absolute Gasteiger partial charge is 0.439 e. The quantitative estimate of drug-likeness (QED) is 0.587. The summed E-state index contributed by atoms with van der Waals surface area (Å²) in [5.41, 5.74) is 0.773. The number of ether oxygens (including phenoxy) is 1. The van der Waals surface area contributed by atoms with Gasteiger partial charge in [-0.25, -0.2) is 4.79 Å². The molecule has 15 heavy (non-hydrogen) atoms. The van der Waals surface area contributed by atoms with Crippen LogP contribution in [-0.4, -0.2) is 17.6 Å². The number of nitrogens with one attached hydrogen (secondary N) is 1. The van der Waals surface area contributed by atoms with Crippen LogP contribution in [0.2, 0.25) is 0 Å². The summed E-state index contributed by atoms with van der Waals surface area (Å²) in [5, 5.41) is 12.9. The molecule has 6 nitrogen and oxygen atoms in total. The second-order valence-corrected chi connectivity index (χ2v) is 3.12. The number of alkyl carbamates (subject to hydrolysis) is 1. The second kappa shape index (κ2) is 3.56. The van der Waals surface area contributed by atoms with Gasteiger partial charge in [0.2, 0.25) is 0 Å². The molecule has 6 heteroatoms. The lowest BCUT2D eigenvalue weighted by Gasteiger charge is -2.06. The molecule has 1 aliphatic rings. The van der Waals surface area contributed by atoms with Gasteiger partial charge in [0.25, 0.3) is 5.69 Å². The Labute approximate surface area is 85.0 Å². The Balaban J connectivity index is 2.17. The van der Waals surface area contributed by atoms with E-state index in [0.717, 1.165) is 5.56 Å². The SMILES string of the molecule is O=C1NC[C@@H](c2ccc([N+](=O)[O-])cc2)O1. The molecule has 0 saturated carbocycles. The van der Waals surface area contributed by atoms with Crippen molar-refractivity contribution in [3.05, 3.63) is 39.9 Å². The molecule has 0 radical (unpaired) electrons. The van der Waals surface area contributed by atoms with Crippen molar-refractivity contribution in [3.63, 3.8) is 0 Å².